The minimum Gasteiger partial charge on any atom is -0.324 e. The van der Waals surface area contributed by atoms with Crippen LogP contribution >= 0.6 is 11.5 Å². The number of hydrogen-bond donors (Lipinski definition) is 0. The molecule has 21 heavy (non-hydrogen) atoms. The van der Waals surface area contributed by atoms with Crippen LogP contribution in [0.2, 0.25) is 0 Å². The van der Waals surface area contributed by atoms with Crippen LogP contribution < -0.4 is 4.80 Å². The Bertz CT molecular complexity index is 930. The Morgan fingerprint density at radius 1 is 0.857 bits per heavy atom. The molecule has 0 bridgehead atoms. The summed E-state index contributed by atoms with van der Waals surface area (Å²) in [6.07, 6.45) is 6.03. The van der Waals surface area contributed by atoms with E-state index in [1.54, 1.807) is 0 Å². The van der Waals surface area contributed by atoms with E-state index in [9.17, 15) is 0 Å². The molecule has 0 radical (unpaired) electrons. The molecule has 4 rings (SSSR count). The largest absolute Gasteiger partial charge is 0.324 e. The average molecular weight is 292 g/mol. The molecule has 0 aliphatic carbocycles. The van der Waals surface area contributed by atoms with Crippen molar-refractivity contribution in [3.63, 3.8) is 0 Å². The molecule has 0 saturated heterocycles. The van der Waals surface area contributed by atoms with Gasteiger partial charge in [-0.1, -0.05) is 6.07 Å². The van der Waals surface area contributed by atoms with Crippen LogP contribution in [0.4, 0.5) is 5.69 Å². The van der Waals surface area contributed by atoms with E-state index in [0.29, 0.717) is 0 Å². The molecule has 0 atom stereocenters. The standard InChI is InChI=1S/C16H12N4S/c1-2-12-20-15(5-1)18-21-16(20)17-13-6-8-14(9-7-13)19-10-3-4-11-19/h1-12H. The van der Waals surface area contributed by atoms with Gasteiger partial charge >= 0.3 is 0 Å². The summed E-state index contributed by atoms with van der Waals surface area (Å²) in [7, 11) is 0. The van der Waals surface area contributed by atoms with Gasteiger partial charge in [0.2, 0.25) is 4.80 Å². The summed E-state index contributed by atoms with van der Waals surface area (Å²) >= 11 is 1.40. The highest BCUT2D eigenvalue weighted by Gasteiger charge is 1.98. The van der Waals surface area contributed by atoms with E-state index in [1.165, 1.54) is 11.5 Å². The second-order valence-corrected chi connectivity index (χ2v) is 5.34. The first kappa shape index (κ1) is 12.1. The van der Waals surface area contributed by atoms with Crippen LogP contribution in [-0.2, 0) is 0 Å². The Kier molecular flexibility index (Phi) is 2.90. The normalized spacial score (nSPS) is 12.1. The minimum atomic E-state index is 0.874. The van der Waals surface area contributed by atoms with Crippen LogP contribution in [0.3, 0.4) is 0 Å². The summed E-state index contributed by atoms with van der Waals surface area (Å²) < 4.78 is 8.44. The van der Waals surface area contributed by atoms with E-state index in [4.69, 9.17) is 0 Å². The SMILES string of the molecule is c1ccn2c(=Nc3ccc(-n4cccc4)cc3)snc2c1. The van der Waals surface area contributed by atoms with E-state index in [2.05, 4.69) is 26.1 Å². The lowest BCUT2D eigenvalue weighted by Gasteiger charge is -2.02. The average Bonchev–Trinajstić information content (AvgIpc) is 3.19. The van der Waals surface area contributed by atoms with Gasteiger partial charge < -0.3 is 4.57 Å². The van der Waals surface area contributed by atoms with Crippen LogP contribution in [0.15, 0.2) is 78.2 Å². The number of fused-ring (bicyclic) bond motifs is 1. The first-order chi connectivity index (χ1) is 10.4. The summed E-state index contributed by atoms with van der Waals surface area (Å²) in [4.78, 5) is 5.54. The second-order valence-electron chi connectivity index (χ2n) is 4.61. The quantitative estimate of drug-likeness (QED) is 0.557. The summed E-state index contributed by atoms with van der Waals surface area (Å²) in [6.45, 7) is 0. The van der Waals surface area contributed by atoms with Crippen molar-refractivity contribution in [2.45, 2.75) is 0 Å². The molecule has 0 unspecified atom stereocenters. The fourth-order valence-corrected chi connectivity index (χ4v) is 2.91. The molecule has 0 aliphatic rings. The third-order valence-corrected chi connectivity index (χ3v) is 3.97. The third kappa shape index (κ3) is 2.28. The van der Waals surface area contributed by atoms with E-state index in [0.717, 1.165) is 21.8 Å². The number of aromatic nitrogens is 3. The van der Waals surface area contributed by atoms with Crippen molar-refractivity contribution in [1.82, 2.24) is 13.3 Å². The summed E-state index contributed by atoms with van der Waals surface area (Å²) in [6, 6.07) is 18.1. The Balaban J connectivity index is 1.76. The molecule has 4 aromatic rings. The lowest BCUT2D eigenvalue weighted by Crippen LogP contribution is -2.04. The highest BCUT2D eigenvalue weighted by atomic mass is 32.1. The minimum absolute atomic E-state index is 0.874. The molecule has 0 fully saturated rings. The lowest BCUT2D eigenvalue weighted by molar-refractivity contribution is 1.07. The molecule has 0 spiro atoms. The molecular weight excluding hydrogens is 280 g/mol. The molecule has 0 aliphatic heterocycles. The van der Waals surface area contributed by atoms with Crippen LogP contribution in [0.1, 0.15) is 0 Å². The Morgan fingerprint density at radius 3 is 2.43 bits per heavy atom. The molecule has 102 valence electrons. The molecule has 4 nitrogen and oxygen atoms in total. The van der Waals surface area contributed by atoms with Crippen molar-refractivity contribution in [1.29, 1.82) is 0 Å². The van der Waals surface area contributed by atoms with E-state index in [-0.39, 0.29) is 0 Å². The van der Waals surface area contributed by atoms with Gasteiger partial charge in [-0.15, -0.1) is 0 Å². The maximum Gasteiger partial charge on any atom is 0.213 e. The van der Waals surface area contributed by atoms with Crippen molar-refractivity contribution in [3.8, 4) is 5.69 Å². The summed E-state index contributed by atoms with van der Waals surface area (Å²) in [5.74, 6) is 0. The van der Waals surface area contributed by atoms with Gasteiger partial charge in [-0.3, -0.25) is 4.40 Å². The fourth-order valence-electron chi connectivity index (χ4n) is 2.19. The topological polar surface area (TPSA) is 34.6 Å². The zero-order valence-electron chi connectivity index (χ0n) is 11.1. The molecule has 3 aromatic heterocycles. The zero-order valence-corrected chi connectivity index (χ0v) is 11.9. The Morgan fingerprint density at radius 2 is 1.62 bits per heavy atom. The van der Waals surface area contributed by atoms with Gasteiger partial charge in [0.15, 0.2) is 5.65 Å². The predicted molar refractivity (Wildman–Crippen MR) is 84.1 cm³/mol. The van der Waals surface area contributed by atoms with Crippen LogP contribution in [0.5, 0.6) is 0 Å². The zero-order chi connectivity index (χ0) is 14.1. The number of nitrogens with zero attached hydrogens (tertiary/aromatic N) is 4. The van der Waals surface area contributed by atoms with Crippen LogP contribution in [0, 0.1) is 0 Å². The van der Waals surface area contributed by atoms with Gasteiger partial charge in [0.25, 0.3) is 0 Å². The van der Waals surface area contributed by atoms with Gasteiger partial charge in [-0.2, -0.15) is 4.37 Å². The predicted octanol–water partition coefficient (Wildman–Crippen LogP) is 3.42. The smallest absolute Gasteiger partial charge is 0.213 e. The second kappa shape index (κ2) is 5.03. The van der Waals surface area contributed by atoms with Crippen molar-refractivity contribution in [2.75, 3.05) is 0 Å². The van der Waals surface area contributed by atoms with Gasteiger partial charge in [-0.05, 0) is 48.5 Å². The van der Waals surface area contributed by atoms with Gasteiger partial charge in [0.05, 0.1) is 5.69 Å². The monoisotopic (exact) mass is 292 g/mol. The summed E-state index contributed by atoms with van der Waals surface area (Å²) in [5.41, 5.74) is 2.97. The van der Waals surface area contributed by atoms with Gasteiger partial charge in [-0.25, -0.2) is 4.99 Å². The van der Waals surface area contributed by atoms with E-state index >= 15 is 0 Å². The van der Waals surface area contributed by atoms with Crippen LogP contribution in [0.25, 0.3) is 11.3 Å². The Labute approximate surface area is 125 Å². The maximum absolute atomic E-state index is 4.66. The highest BCUT2D eigenvalue weighted by Crippen LogP contribution is 2.15. The van der Waals surface area contributed by atoms with Crippen LogP contribution in [-0.4, -0.2) is 13.3 Å². The lowest BCUT2D eigenvalue weighted by atomic mass is 10.3. The van der Waals surface area contributed by atoms with Crippen molar-refractivity contribution in [3.05, 3.63) is 78.0 Å². The number of pyridine rings is 1. The molecule has 3 heterocycles. The Hall–Kier alpha value is -2.66. The molecule has 0 N–H and O–H groups in total. The van der Waals surface area contributed by atoms with Crippen molar-refractivity contribution >= 4 is 22.9 Å². The number of rotatable bonds is 2. The van der Waals surface area contributed by atoms with Crippen molar-refractivity contribution in [2.24, 2.45) is 4.99 Å². The van der Waals surface area contributed by atoms with E-state index < -0.39 is 0 Å². The van der Waals surface area contributed by atoms with E-state index in [1.807, 2.05) is 65.5 Å². The molecule has 0 amide bonds. The van der Waals surface area contributed by atoms with Gasteiger partial charge in [0.1, 0.15) is 0 Å². The fraction of sp³-hybridized carbons (Fsp3) is 0. The first-order valence-electron chi connectivity index (χ1n) is 6.61. The molecule has 5 heteroatoms. The van der Waals surface area contributed by atoms with Gasteiger partial charge in [0, 0.05) is 35.8 Å². The number of benzene rings is 1. The highest BCUT2D eigenvalue weighted by molar-refractivity contribution is 7.03. The molecule has 1 aromatic carbocycles. The number of hydrogen-bond acceptors (Lipinski definition) is 3. The summed E-state index contributed by atoms with van der Waals surface area (Å²) in [5, 5.41) is 0. The first-order valence-corrected chi connectivity index (χ1v) is 7.39. The molecular formula is C16H12N4S. The third-order valence-electron chi connectivity index (χ3n) is 3.24. The molecule has 0 saturated carbocycles. The maximum atomic E-state index is 4.66. The van der Waals surface area contributed by atoms with Crippen molar-refractivity contribution < 1.29 is 0 Å².